The van der Waals surface area contributed by atoms with E-state index >= 15 is 0 Å². The van der Waals surface area contributed by atoms with Crippen LogP contribution in [0.1, 0.15) is 23.2 Å². The topological polar surface area (TPSA) is 49.8 Å². The molecule has 2 unspecified atom stereocenters. The Kier molecular flexibility index (Phi) is 2.52. The summed E-state index contributed by atoms with van der Waals surface area (Å²) in [6.45, 7) is 1.84. The number of aromatic carboxylic acids is 1. The molecule has 90 valence electrons. The van der Waals surface area contributed by atoms with Crippen LogP contribution >= 0.6 is 0 Å². The highest BCUT2D eigenvalue weighted by Crippen LogP contribution is 2.29. The highest BCUT2D eigenvalue weighted by atomic mass is 16.5. The highest BCUT2D eigenvalue weighted by Gasteiger charge is 2.33. The van der Waals surface area contributed by atoms with E-state index in [9.17, 15) is 4.79 Å². The average Bonchev–Trinajstić information content (AvgIpc) is 2.68. The molecule has 2 bridgehead atoms. The maximum absolute atomic E-state index is 10.8. The summed E-state index contributed by atoms with van der Waals surface area (Å²) in [5.41, 5.74) is 1.43. The van der Waals surface area contributed by atoms with Crippen molar-refractivity contribution in [2.24, 2.45) is 0 Å². The summed E-state index contributed by atoms with van der Waals surface area (Å²) in [5.74, 6) is -0.876. The van der Waals surface area contributed by atoms with Gasteiger partial charge in [-0.05, 0) is 37.1 Å². The van der Waals surface area contributed by atoms with Gasteiger partial charge in [0.05, 0.1) is 17.8 Å². The lowest BCUT2D eigenvalue weighted by atomic mass is 10.2. The van der Waals surface area contributed by atoms with Crippen molar-refractivity contribution in [1.82, 2.24) is 0 Å². The van der Waals surface area contributed by atoms with E-state index < -0.39 is 5.97 Å². The molecular formula is C13H15NO3. The largest absolute Gasteiger partial charge is 0.478 e. The van der Waals surface area contributed by atoms with Crippen LogP contribution in [0.15, 0.2) is 24.3 Å². The predicted octanol–water partition coefficient (Wildman–Crippen LogP) is 1.75. The second kappa shape index (κ2) is 4.04. The van der Waals surface area contributed by atoms with Gasteiger partial charge in [-0.3, -0.25) is 0 Å². The number of morpholine rings is 1. The lowest BCUT2D eigenvalue weighted by molar-refractivity contribution is 0.0305. The highest BCUT2D eigenvalue weighted by molar-refractivity contribution is 5.88. The monoisotopic (exact) mass is 233 g/mol. The fourth-order valence-corrected chi connectivity index (χ4v) is 2.64. The molecule has 0 aliphatic carbocycles. The van der Waals surface area contributed by atoms with Crippen molar-refractivity contribution >= 4 is 11.7 Å². The minimum atomic E-state index is -0.876. The molecule has 2 saturated heterocycles. The van der Waals surface area contributed by atoms with Crippen LogP contribution in [0.25, 0.3) is 0 Å². The third-order valence-corrected chi connectivity index (χ3v) is 3.52. The maximum atomic E-state index is 10.8. The summed E-state index contributed by atoms with van der Waals surface area (Å²) in [6.07, 6.45) is 3.00. The molecule has 0 spiro atoms. The zero-order valence-electron chi connectivity index (χ0n) is 9.50. The van der Waals surface area contributed by atoms with Crippen LogP contribution < -0.4 is 4.90 Å². The molecule has 17 heavy (non-hydrogen) atoms. The molecule has 2 atom stereocenters. The zero-order chi connectivity index (χ0) is 11.8. The van der Waals surface area contributed by atoms with E-state index in [1.165, 1.54) is 0 Å². The van der Waals surface area contributed by atoms with E-state index in [0.717, 1.165) is 31.6 Å². The van der Waals surface area contributed by atoms with Gasteiger partial charge in [-0.1, -0.05) is 0 Å². The van der Waals surface area contributed by atoms with Gasteiger partial charge in [0.15, 0.2) is 0 Å². The number of fused-ring (bicyclic) bond motifs is 2. The number of rotatable bonds is 2. The fraction of sp³-hybridized carbons (Fsp3) is 0.462. The fourth-order valence-electron chi connectivity index (χ4n) is 2.64. The average molecular weight is 233 g/mol. The first kappa shape index (κ1) is 10.6. The van der Waals surface area contributed by atoms with Gasteiger partial charge in [0.25, 0.3) is 0 Å². The number of carbonyl (C=O) groups is 1. The van der Waals surface area contributed by atoms with Gasteiger partial charge < -0.3 is 14.7 Å². The van der Waals surface area contributed by atoms with Crippen molar-refractivity contribution in [3.63, 3.8) is 0 Å². The van der Waals surface area contributed by atoms with Crippen molar-refractivity contribution in [3.8, 4) is 0 Å². The number of hydrogen-bond acceptors (Lipinski definition) is 3. The summed E-state index contributed by atoms with van der Waals surface area (Å²) < 4.78 is 5.78. The number of hydrogen-bond donors (Lipinski definition) is 1. The molecule has 1 aromatic rings. The van der Waals surface area contributed by atoms with Crippen molar-refractivity contribution < 1.29 is 14.6 Å². The smallest absolute Gasteiger partial charge is 0.335 e. The van der Waals surface area contributed by atoms with Crippen LogP contribution in [0.2, 0.25) is 0 Å². The molecular weight excluding hydrogens is 218 g/mol. The van der Waals surface area contributed by atoms with E-state index in [0.29, 0.717) is 17.8 Å². The normalized spacial score (nSPS) is 27.2. The van der Waals surface area contributed by atoms with E-state index in [4.69, 9.17) is 9.84 Å². The van der Waals surface area contributed by atoms with E-state index in [1.54, 1.807) is 12.1 Å². The Bertz CT molecular complexity index is 417. The Morgan fingerprint density at radius 3 is 2.29 bits per heavy atom. The van der Waals surface area contributed by atoms with Crippen LogP contribution in [0.5, 0.6) is 0 Å². The third-order valence-electron chi connectivity index (χ3n) is 3.52. The number of ether oxygens (including phenoxy) is 1. The van der Waals surface area contributed by atoms with Gasteiger partial charge in [-0.15, -0.1) is 0 Å². The summed E-state index contributed by atoms with van der Waals surface area (Å²) in [7, 11) is 0. The molecule has 1 N–H and O–H groups in total. The molecule has 0 aromatic heterocycles. The quantitative estimate of drug-likeness (QED) is 0.845. The molecule has 4 nitrogen and oxygen atoms in total. The Hall–Kier alpha value is -1.55. The van der Waals surface area contributed by atoms with Gasteiger partial charge in [0.1, 0.15) is 0 Å². The van der Waals surface area contributed by atoms with E-state index in [1.807, 2.05) is 12.1 Å². The number of carboxylic acid groups (broad SMARTS) is 1. The molecule has 4 heteroatoms. The van der Waals surface area contributed by atoms with Gasteiger partial charge in [0.2, 0.25) is 0 Å². The van der Waals surface area contributed by atoms with Crippen molar-refractivity contribution in [1.29, 1.82) is 0 Å². The molecule has 2 aliphatic rings. The van der Waals surface area contributed by atoms with Crippen LogP contribution in [0.4, 0.5) is 5.69 Å². The zero-order valence-corrected chi connectivity index (χ0v) is 9.50. The molecule has 2 aliphatic heterocycles. The van der Waals surface area contributed by atoms with Gasteiger partial charge in [-0.25, -0.2) is 4.79 Å². The summed E-state index contributed by atoms with van der Waals surface area (Å²) >= 11 is 0. The maximum Gasteiger partial charge on any atom is 0.335 e. The van der Waals surface area contributed by atoms with Crippen molar-refractivity contribution in [3.05, 3.63) is 29.8 Å². The first-order valence-electron chi connectivity index (χ1n) is 5.96. The van der Waals surface area contributed by atoms with Gasteiger partial charge in [0, 0.05) is 18.8 Å². The second-order valence-electron chi connectivity index (χ2n) is 4.71. The minimum Gasteiger partial charge on any atom is -0.478 e. The molecule has 0 radical (unpaired) electrons. The summed E-state index contributed by atoms with van der Waals surface area (Å²) in [4.78, 5) is 13.1. The number of carboxylic acids is 1. The number of nitrogens with zero attached hydrogens (tertiary/aromatic N) is 1. The predicted molar refractivity (Wildman–Crippen MR) is 63.5 cm³/mol. The second-order valence-corrected chi connectivity index (χ2v) is 4.71. The summed E-state index contributed by atoms with van der Waals surface area (Å²) in [6, 6.07) is 7.09. The summed E-state index contributed by atoms with van der Waals surface area (Å²) in [5, 5.41) is 8.85. The van der Waals surface area contributed by atoms with E-state index in [2.05, 4.69) is 4.90 Å². The molecule has 0 saturated carbocycles. The Morgan fingerprint density at radius 2 is 1.76 bits per heavy atom. The van der Waals surface area contributed by atoms with Gasteiger partial charge >= 0.3 is 5.97 Å². The Balaban J connectivity index is 1.78. The number of benzene rings is 1. The van der Waals surface area contributed by atoms with Crippen LogP contribution in [0.3, 0.4) is 0 Å². The molecule has 3 rings (SSSR count). The van der Waals surface area contributed by atoms with Crippen LogP contribution in [-0.2, 0) is 4.74 Å². The standard InChI is InChI=1S/C13H15NO3/c15-13(16)9-1-3-10(4-2-9)14-7-11-5-6-12(8-14)17-11/h1-4,11-12H,5-8H2,(H,15,16). The molecule has 2 heterocycles. The van der Waals surface area contributed by atoms with E-state index in [-0.39, 0.29) is 0 Å². The SMILES string of the molecule is O=C(O)c1ccc(N2CC3CCC(C2)O3)cc1. The first-order valence-corrected chi connectivity index (χ1v) is 5.96. The van der Waals surface area contributed by atoms with Crippen LogP contribution in [-0.4, -0.2) is 36.4 Å². The Labute approximate surface area is 99.8 Å². The van der Waals surface area contributed by atoms with Gasteiger partial charge in [-0.2, -0.15) is 0 Å². The first-order chi connectivity index (χ1) is 8.22. The van der Waals surface area contributed by atoms with Crippen molar-refractivity contribution in [2.75, 3.05) is 18.0 Å². The molecule has 1 aromatic carbocycles. The lowest BCUT2D eigenvalue weighted by Crippen LogP contribution is -2.42. The Morgan fingerprint density at radius 1 is 1.18 bits per heavy atom. The molecule has 2 fully saturated rings. The lowest BCUT2D eigenvalue weighted by Gasteiger charge is -2.33. The molecule has 0 amide bonds. The number of anilines is 1. The van der Waals surface area contributed by atoms with Crippen molar-refractivity contribution in [2.45, 2.75) is 25.0 Å². The van der Waals surface area contributed by atoms with Crippen LogP contribution in [0, 0.1) is 0 Å². The third kappa shape index (κ3) is 2.00. The minimum absolute atomic E-state index is 0.338.